The minimum absolute atomic E-state index is 0.203. The van der Waals surface area contributed by atoms with Gasteiger partial charge in [-0.3, -0.25) is 4.90 Å². The van der Waals surface area contributed by atoms with Crippen LogP contribution in [0.15, 0.2) is 0 Å². The van der Waals surface area contributed by atoms with Crippen LogP contribution in [-0.4, -0.2) is 30.1 Å². The molecule has 16 heavy (non-hydrogen) atoms. The molecule has 0 aromatic rings. The molecule has 0 bridgehead atoms. The maximum absolute atomic E-state index is 6.00. The van der Waals surface area contributed by atoms with Gasteiger partial charge in [-0.15, -0.1) is 0 Å². The van der Waals surface area contributed by atoms with E-state index in [1.807, 2.05) is 0 Å². The topological polar surface area (TPSA) is 29.3 Å². The van der Waals surface area contributed by atoms with Crippen molar-refractivity contribution >= 4 is 0 Å². The van der Waals surface area contributed by atoms with Crippen LogP contribution in [0.25, 0.3) is 0 Å². The van der Waals surface area contributed by atoms with Gasteiger partial charge in [0, 0.05) is 12.1 Å². The van der Waals surface area contributed by atoms with Crippen molar-refractivity contribution in [1.82, 2.24) is 4.90 Å². The summed E-state index contributed by atoms with van der Waals surface area (Å²) in [6.07, 6.45) is 5.04. The van der Waals surface area contributed by atoms with Crippen molar-refractivity contribution in [2.75, 3.05) is 19.6 Å². The standard InChI is InChI=1S/C14H32N2/c1-6-8-11-16(7-2)14(5,12-15)10-9-13(3)4/h13H,6-12,15H2,1-5H3. The van der Waals surface area contributed by atoms with Gasteiger partial charge in [0.05, 0.1) is 0 Å². The second-order valence-corrected chi connectivity index (χ2v) is 5.57. The molecule has 0 radical (unpaired) electrons. The zero-order valence-electron chi connectivity index (χ0n) is 12.1. The molecule has 2 heteroatoms. The molecule has 0 aromatic heterocycles. The quantitative estimate of drug-likeness (QED) is 0.656. The highest BCUT2D eigenvalue weighted by Gasteiger charge is 2.28. The Labute approximate surface area is 103 Å². The van der Waals surface area contributed by atoms with Crippen molar-refractivity contribution in [2.45, 2.75) is 65.8 Å². The van der Waals surface area contributed by atoms with E-state index in [0.29, 0.717) is 0 Å². The van der Waals surface area contributed by atoms with Gasteiger partial charge in [-0.1, -0.05) is 34.1 Å². The van der Waals surface area contributed by atoms with E-state index in [9.17, 15) is 0 Å². The molecule has 0 aromatic carbocycles. The largest absolute Gasteiger partial charge is 0.329 e. The van der Waals surface area contributed by atoms with Gasteiger partial charge in [0.1, 0.15) is 0 Å². The number of hydrogen-bond acceptors (Lipinski definition) is 2. The number of nitrogens with zero attached hydrogens (tertiary/aromatic N) is 1. The summed E-state index contributed by atoms with van der Waals surface area (Å²) in [5.41, 5.74) is 6.20. The first-order chi connectivity index (χ1) is 7.50. The Morgan fingerprint density at radius 2 is 1.88 bits per heavy atom. The molecule has 0 spiro atoms. The molecule has 0 rings (SSSR count). The fraction of sp³-hybridized carbons (Fsp3) is 1.00. The molecule has 0 saturated heterocycles. The van der Waals surface area contributed by atoms with Gasteiger partial charge >= 0.3 is 0 Å². The van der Waals surface area contributed by atoms with E-state index < -0.39 is 0 Å². The molecule has 1 unspecified atom stereocenters. The molecule has 0 heterocycles. The number of unbranched alkanes of at least 4 members (excludes halogenated alkanes) is 1. The van der Waals surface area contributed by atoms with Crippen LogP contribution in [0.2, 0.25) is 0 Å². The van der Waals surface area contributed by atoms with E-state index in [1.165, 1.54) is 32.2 Å². The Hall–Kier alpha value is -0.0800. The molecule has 0 aliphatic carbocycles. The van der Waals surface area contributed by atoms with E-state index in [0.717, 1.165) is 19.0 Å². The van der Waals surface area contributed by atoms with E-state index in [-0.39, 0.29) is 5.54 Å². The van der Waals surface area contributed by atoms with Gasteiger partial charge in [-0.25, -0.2) is 0 Å². The van der Waals surface area contributed by atoms with E-state index >= 15 is 0 Å². The summed E-state index contributed by atoms with van der Waals surface area (Å²) < 4.78 is 0. The molecule has 0 saturated carbocycles. The number of rotatable bonds is 9. The molecule has 1 atom stereocenters. The lowest BCUT2D eigenvalue weighted by Crippen LogP contribution is -2.52. The Balaban J connectivity index is 4.36. The highest BCUT2D eigenvalue weighted by molar-refractivity contribution is 4.87. The Morgan fingerprint density at radius 3 is 2.25 bits per heavy atom. The van der Waals surface area contributed by atoms with E-state index in [1.54, 1.807) is 0 Å². The lowest BCUT2D eigenvalue weighted by atomic mass is 9.90. The maximum atomic E-state index is 6.00. The predicted molar refractivity (Wildman–Crippen MR) is 73.7 cm³/mol. The summed E-state index contributed by atoms with van der Waals surface area (Å²) in [6.45, 7) is 14.5. The third-order valence-corrected chi connectivity index (χ3v) is 3.63. The fourth-order valence-electron chi connectivity index (χ4n) is 2.15. The van der Waals surface area contributed by atoms with Crippen LogP contribution in [0.1, 0.15) is 60.3 Å². The first kappa shape index (κ1) is 15.9. The Kier molecular flexibility index (Phi) is 8.04. The van der Waals surface area contributed by atoms with Crippen LogP contribution >= 0.6 is 0 Å². The van der Waals surface area contributed by atoms with Gasteiger partial charge in [0.25, 0.3) is 0 Å². The van der Waals surface area contributed by atoms with Crippen LogP contribution in [0.4, 0.5) is 0 Å². The molecule has 0 amide bonds. The van der Waals surface area contributed by atoms with Crippen LogP contribution in [0.5, 0.6) is 0 Å². The molecule has 98 valence electrons. The third kappa shape index (κ3) is 5.31. The highest BCUT2D eigenvalue weighted by Crippen LogP contribution is 2.23. The van der Waals surface area contributed by atoms with Crippen molar-refractivity contribution in [1.29, 1.82) is 0 Å². The first-order valence-corrected chi connectivity index (χ1v) is 6.95. The molecule has 0 aliphatic heterocycles. The Bertz CT molecular complexity index is 168. The van der Waals surface area contributed by atoms with Crippen LogP contribution in [-0.2, 0) is 0 Å². The number of hydrogen-bond donors (Lipinski definition) is 1. The van der Waals surface area contributed by atoms with Crippen LogP contribution in [0, 0.1) is 5.92 Å². The van der Waals surface area contributed by atoms with Crippen molar-refractivity contribution < 1.29 is 0 Å². The van der Waals surface area contributed by atoms with Crippen molar-refractivity contribution in [3.8, 4) is 0 Å². The van der Waals surface area contributed by atoms with Gasteiger partial charge in [0.2, 0.25) is 0 Å². The minimum Gasteiger partial charge on any atom is -0.329 e. The van der Waals surface area contributed by atoms with Gasteiger partial charge < -0.3 is 5.73 Å². The predicted octanol–water partition coefficient (Wildman–Crippen LogP) is 3.26. The summed E-state index contributed by atoms with van der Waals surface area (Å²) in [5, 5.41) is 0. The monoisotopic (exact) mass is 228 g/mol. The van der Waals surface area contributed by atoms with E-state index in [2.05, 4.69) is 39.5 Å². The summed E-state index contributed by atoms with van der Waals surface area (Å²) in [6, 6.07) is 0. The smallest absolute Gasteiger partial charge is 0.0303 e. The average molecular weight is 228 g/mol. The lowest BCUT2D eigenvalue weighted by Gasteiger charge is -2.41. The second kappa shape index (κ2) is 8.08. The zero-order chi connectivity index (χ0) is 12.6. The summed E-state index contributed by atoms with van der Waals surface area (Å²) in [5.74, 6) is 0.774. The maximum Gasteiger partial charge on any atom is 0.0303 e. The molecule has 0 fully saturated rings. The van der Waals surface area contributed by atoms with Gasteiger partial charge in [-0.2, -0.15) is 0 Å². The van der Waals surface area contributed by atoms with Gasteiger partial charge in [-0.05, 0) is 45.2 Å². The zero-order valence-corrected chi connectivity index (χ0v) is 12.1. The van der Waals surface area contributed by atoms with Crippen molar-refractivity contribution in [3.05, 3.63) is 0 Å². The molecular formula is C14H32N2. The van der Waals surface area contributed by atoms with Crippen LogP contribution in [0.3, 0.4) is 0 Å². The molecule has 2 N–H and O–H groups in total. The van der Waals surface area contributed by atoms with Crippen molar-refractivity contribution in [2.24, 2.45) is 11.7 Å². The SMILES string of the molecule is CCCCN(CC)C(C)(CN)CCC(C)C. The average Bonchev–Trinajstić information content (AvgIpc) is 2.27. The summed E-state index contributed by atoms with van der Waals surface area (Å²) in [4.78, 5) is 2.57. The minimum atomic E-state index is 0.203. The van der Waals surface area contributed by atoms with E-state index in [4.69, 9.17) is 5.73 Å². The number of nitrogens with two attached hydrogens (primary N) is 1. The summed E-state index contributed by atoms with van der Waals surface area (Å²) in [7, 11) is 0. The molecule has 0 aliphatic rings. The fourth-order valence-corrected chi connectivity index (χ4v) is 2.15. The lowest BCUT2D eigenvalue weighted by molar-refractivity contribution is 0.0999. The summed E-state index contributed by atoms with van der Waals surface area (Å²) >= 11 is 0. The Morgan fingerprint density at radius 1 is 1.25 bits per heavy atom. The van der Waals surface area contributed by atoms with Gasteiger partial charge in [0.15, 0.2) is 0 Å². The molecule has 2 nitrogen and oxygen atoms in total. The van der Waals surface area contributed by atoms with Crippen molar-refractivity contribution in [3.63, 3.8) is 0 Å². The second-order valence-electron chi connectivity index (χ2n) is 5.57. The third-order valence-electron chi connectivity index (χ3n) is 3.63. The first-order valence-electron chi connectivity index (χ1n) is 6.95. The van der Waals surface area contributed by atoms with Crippen LogP contribution < -0.4 is 5.73 Å². The highest BCUT2D eigenvalue weighted by atomic mass is 15.2. The number of likely N-dealkylation sites (N-methyl/N-ethyl adjacent to an activating group) is 1. The molecular weight excluding hydrogens is 196 g/mol. The normalized spacial score (nSPS) is 15.8.